The van der Waals surface area contributed by atoms with E-state index in [1.54, 1.807) is 0 Å². The molecule has 1 heterocycles. The fourth-order valence-electron chi connectivity index (χ4n) is 4.16. The fourth-order valence-corrected chi connectivity index (χ4v) is 4.16. The van der Waals surface area contributed by atoms with Crippen molar-refractivity contribution < 1.29 is 28.2 Å². The van der Waals surface area contributed by atoms with Crippen LogP contribution in [0.3, 0.4) is 0 Å². The van der Waals surface area contributed by atoms with Gasteiger partial charge in [-0.3, -0.25) is 4.79 Å². The van der Waals surface area contributed by atoms with Crippen molar-refractivity contribution in [1.82, 2.24) is 5.32 Å². The van der Waals surface area contributed by atoms with Crippen molar-refractivity contribution in [3.8, 4) is 11.1 Å². The van der Waals surface area contributed by atoms with Gasteiger partial charge in [0.05, 0.1) is 30.9 Å². The molecule has 188 valence electrons. The summed E-state index contributed by atoms with van der Waals surface area (Å²) in [7, 11) is 0. The second-order valence-electron chi connectivity index (χ2n) is 8.58. The van der Waals surface area contributed by atoms with Crippen LogP contribution in [-0.4, -0.2) is 41.9 Å². The Morgan fingerprint density at radius 3 is 2.36 bits per heavy atom. The van der Waals surface area contributed by atoms with Gasteiger partial charge in [-0.15, -0.1) is 0 Å². The minimum Gasteiger partial charge on any atom is -0.394 e. The first kappa shape index (κ1) is 25.3. The molecule has 0 unspecified atom stereocenters. The van der Waals surface area contributed by atoms with Crippen molar-refractivity contribution in [2.45, 2.75) is 37.5 Å². The van der Waals surface area contributed by atoms with E-state index in [0.29, 0.717) is 18.5 Å². The van der Waals surface area contributed by atoms with E-state index >= 15 is 0 Å². The number of aliphatic hydroxyl groups is 1. The van der Waals surface area contributed by atoms with E-state index in [-0.39, 0.29) is 24.6 Å². The van der Waals surface area contributed by atoms with Crippen LogP contribution in [0.25, 0.3) is 11.1 Å². The van der Waals surface area contributed by atoms with Gasteiger partial charge in [-0.1, -0.05) is 42.5 Å². The number of hydrogen-bond acceptors (Lipinski definition) is 4. The average molecular weight is 496 g/mol. The summed E-state index contributed by atoms with van der Waals surface area (Å²) in [6.45, 7) is -0.377. The normalized spacial score (nSPS) is 19.4. The summed E-state index contributed by atoms with van der Waals surface area (Å²) in [4.78, 5) is 24.8. The van der Waals surface area contributed by atoms with Crippen molar-refractivity contribution in [1.29, 1.82) is 0 Å². The van der Waals surface area contributed by atoms with Gasteiger partial charge in [0.15, 0.2) is 0 Å². The smallest absolute Gasteiger partial charge is 0.319 e. The van der Waals surface area contributed by atoms with Gasteiger partial charge in [0.1, 0.15) is 17.7 Å². The third-order valence-corrected chi connectivity index (χ3v) is 5.98. The molecule has 1 saturated heterocycles. The zero-order valence-electron chi connectivity index (χ0n) is 19.4. The van der Waals surface area contributed by atoms with Gasteiger partial charge >= 0.3 is 6.03 Å². The SMILES string of the molecule is O=C(C[C@H]1CC[C@H](NC(=O)Nc2cc(F)ccc2F)[C@H](CO)O1)Nc1ccc(-c2ccccc2)cc1. The number of hydrogen-bond donors (Lipinski definition) is 4. The van der Waals surface area contributed by atoms with Crippen molar-refractivity contribution in [2.75, 3.05) is 17.2 Å². The summed E-state index contributed by atoms with van der Waals surface area (Å²) >= 11 is 0. The van der Waals surface area contributed by atoms with E-state index in [9.17, 15) is 23.5 Å². The van der Waals surface area contributed by atoms with Crippen LogP contribution in [0, 0.1) is 11.6 Å². The number of carbonyl (C=O) groups excluding carboxylic acids is 2. The van der Waals surface area contributed by atoms with Crippen molar-refractivity contribution in [3.63, 3.8) is 0 Å². The molecule has 3 atom stereocenters. The Bertz CT molecular complexity index is 1190. The molecule has 0 aromatic heterocycles. The number of amides is 3. The van der Waals surface area contributed by atoms with E-state index in [1.165, 1.54) is 0 Å². The van der Waals surface area contributed by atoms with Crippen molar-refractivity contribution >= 4 is 23.3 Å². The number of carbonyl (C=O) groups is 2. The van der Waals surface area contributed by atoms with E-state index < -0.39 is 35.9 Å². The van der Waals surface area contributed by atoms with Crippen molar-refractivity contribution in [2.24, 2.45) is 0 Å². The topological polar surface area (TPSA) is 99.7 Å². The average Bonchev–Trinajstić information content (AvgIpc) is 2.88. The van der Waals surface area contributed by atoms with E-state index in [2.05, 4.69) is 16.0 Å². The van der Waals surface area contributed by atoms with Gasteiger partial charge in [0, 0.05) is 11.8 Å². The van der Waals surface area contributed by atoms with E-state index in [1.807, 2.05) is 54.6 Å². The zero-order chi connectivity index (χ0) is 25.5. The minimum atomic E-state index is -0.772. The summed E-state index contributed by atoms with van der Waals surface area (Å²) in [6.07, 6.45) is -0.188. The number of nitrogens with one attached hydrogen (secondary N) is 3. The third kappa shape index (κ3) is 6.65. The highest BCUT2D eigenvalue weighted by molar-refractivity contribution is 5.91. The highest BCUT2D eigenvalue weighted by atomic mass is 19.1. The molecule has 3 amide bonds. The zero-order valence-corrected chi connectivity index (χ0v) is 19.4. The predicted molar refractivity (Wildman–Crippen MR) is 132 cm³/mol. The highest BCUT2D eigenvalue weighted by Crippen LogP contribution is 2.24. The summed E-state index contributed by atoms with van der Waals surface area (Å²) in [5.74, 6) is -1.69. The summed E-state index contributed by atoms with van der Waals surface area (Å²) in [5, 5.41) is 17.5. The lowest BCUT2D eigenvalue weighted by atomic mass is 9.97. The van der Waals surface area contributed by atoms with Crippen LogP contribution in [0.1, 0.15) is 19.3 Å². The molecular formula is C27H27F2N3O4. The molecule has 0 radical (unpaired) electrons. The molecule has 4 rings (SSSR count). The molecule has 1 aliphatic rings. The number of benzene rings is 3. The Kier molecular flexibility index (Phi) is 8.24. The molecule has 36 heavy (non-hydrogen) atoms. The molecule has 0 bridgehead atoms. The molecule has 0 aliphatic carbocycles. The summed E-state index contributed by atoms with van der Waals surface area (Å²) in [5.41, 5.74) is 2.49. The third-order valence-electron chi connectivity index (χ3n) is 5.98. The van der Waals surface area contributed by atoms with Crippen LogP contribution in [0.5, 0.6) is 0 Å². The molecule has 3 aromatic rings. The summed E-state index contributed by atoms with van der Waals surface area (Å²) < 4.78 is 32.9. The maximum Gasteiger partial charge on any atom is 0.319 e. The molecule has 4 N–H and O–H groups in total. The Hall–Kier alpha value is -3.82. The second-order valence-corrected chi connectivity index (χ2v) is 8.58. The largest absolute Gasteiger partial charge is 0.394 e. The Morgan fingerprint density at radius 2 is 1.64 bits per heavy atom. The van der Waals surface area contributed by atoms with Crippen LogP contribution in [0.2, 0.25) is 0 Å². The van der Waals surface area contributed by atoms with Gasteiger partial charge in [0.2, 0.25) is 5.91 Å². The number of urea groups is 1. The number of halogens is 2. The van der Waals surface area contributed by atoms with Crippen LogP contribution in [0.4, 0.5) is 25.0 Å². The number of anilines is 2. The number of aliphatic hydroxyl groups excluding tert-OH is 1. The number of ether oxygens (including phenoxy) is 1. The monoisotopic (exact) mass is 495 g/mol. The van der Waals surface area contributed by atoms with Crippen LogP contribution >= 0.6 is 0 Å². The van der Waals surface area contributed by atoms with E-state index in [4.69, 9.17) is 4.74 Å². The minimum absolute atomic E-state index is 0.0877. The molecule has 3 aromatic carbocycles. The van der Waals surface area contributed by atoms with Gasteiger partial charge in [-0.25, -0.2) is 13.6 Å². The van der Waals surface area contributed by atoms with Gasteiger partial charge in [-0.2, -0.15) is 0 Å². The quantitative estimate of drug-likeness (QED) is 0.382. The Labute approximate surface area is 207 Å². The molecule has 7 nitrogen and oxygen atoms in total. The first-order chi connectivity index (χ1) is 17.4. The van der Waals surface area contributed by atoms with E-state index in [0.717, 1.165) is 29.3 Å². The Balaban J connectivity index is 1.26. The van der Waals surface area contributed by atoms with Gasteiger partial charge < -0.3 is 25.8 Å². The summed E-state index contributed by atoms with van der Waals surface area (Å²) in [6, 6.07) is 18.9. The molecule has 9 heteroatoms. The van der Waals surface area contributed by atoms with Crippen LogP contribution < -0.4 is 16.0 Å². The molecule has 1 fully saturated rings. The predicted octanol–water partition coefficient (Wildman–Crippen LogP) is 4.69. The lowest BCUT2D eigenvalue weighted by Crippen LogP contribution is -2.52. The maximum absolute atomic E-state index is 13.8. The second kappa shape index (κ2) is 11.7. The Morgan fingerprint density at radius 1 is 0.917 bits per heavy atom. The standard InChI is InChI=1S/C27H27F2N3O4/c28-19-8-12-22(29)24(14-19)32-27(35)31-23-13-11-21(36-25(23)16-33)15-26(34)30-20-9-6-18(7-10-20)17-4-2-1-3-5-17/h1-10,12,14,21,23,25,33H,11,13,15-16H2,(H,30,34)(H2,31,32,35)/t21-,23+,25+/m1/s1. The first-order valence-corrected chi connectivity index (χ1v) is 11.7. The van der Waals surface area contributed by atoms with Crippen LogP contribution in [-0.2, 0) is 9.53 Å². The lowest BCUT2D eigenvalue weighted by Gasteiger charge is -2.35. The molecule has 0 saturated carbocycles. The highest BCUT2D eigenvalue weighted by Gasteiger charge is 2.33. The lowest BCUT2D eigenvalue weighted by molar-refractivity contribution is -0.126. The van der Waals surface area contributed by atoms with Crippen LogP contribution in [0.15, 0.2) is 72.8 Å². The van der Waals surface area contributed by atoms with Crippen molar-refractivity contribution in [3.05, 3.63) is 84.4 Å². The van der Waals surface area contributed by atoms with Gasteiger partial charge in [-0.05, 0) is 48.2 Å². The van der Waals surface area contributed by atoms with Gasteiger partial charge in [0.25, 0.3) is 0 Å². The maximum atomic E-state index is 13.8. The fraction of sp³-hybridized carbons (Fsp3) is 0.259. The molecule has 0 spiro atoms. The number of rotatable bonds is 7. The molecular weight excluding hydrogens is 468 g/mol. The molecule has 1 aliphatic heterocycles. The first-order valence-electron chi connectivity index (χ1n) is 11.7.